The molecule has 2 aromatic rings. The summed E-state index contributed by atoms with van der Waals surface area (Å²) in [4.78, 5) is 0. The van der Waals surface area contributed by atoms with Crippen LogP contribution in [0.15, 0.2) is 34.9 Å². The number of furan rings is 1. The molecule has 2 heterocycles. The predicted molar refractivity (Wildman–Crippen MR) is 71.6 cm³/mol. The lowest BCUT2D eigenvalue weighted by Crippen LogP contribution is -2.24. The van der Waals surface area contributed by atoms with Crippen molar-refractivity contribution < 1.29 is 9.15 Å². The first-order valence-electron chi connectivity index (χ1n) is 6.68. The van der Waals surface area contributed by atoms with Gasteiger partial charge in [0.1, 0.15) is 5.58 Å². The van der Waals surface area contributed by atoms with E-state index in [4.69, 9.17) is 9.15 Å². The summed E-state index contributed by atoms with van der Waals surface area (Å²) in [6, 6.07) is 8.17. The van der Waals surface area contributed by atoms with Crippen LogP contribution in [0.2, 0.25) is 0 Å². The van der Waals surface area contributed by atoms with Gasteiger partial charge in [-0.2, -0.15) is 0 Å². The molecule has 0 spiro atoms. The molecule has 96 valence electrons. The molecule has 1 aliphatic heterocycles. The fourth-order valence-corrected chi connectivity index (χ4v) is 2.74. The largest absolute Gasteiger partial charge is 0.464 e. The molecule has 1 saturated heterocycles. The van der Waals surface area contributed by atoms with E-state index in [0.29, 0.717) is 5.92 Å². The number of hydrogen-bond donors (Lipinski definition) is 1. The van der Waals surface area contributed by atoms with Crippen LogP contribution in [0.3, 0.4) is 0 Å². The van der Waals surface area contributed by atoms with E-state index in [1.165, 1.54) is 10.9 Å². The number of hydrogen-bond acceptors (Lipinski definition) is 3. The molecule has 0 bridgehead atoms. The first-order chi connectivity index (χ1) is 8.90. The van der Waals surface area contributed by atoms with E-state index < -0.39 is 0 Å². The quantitative estimate of drug-likeness (QED) is 0.898. The first kappa shape index (κ1) is 11.8. The molecule has 1 aromatic heterocycles. The molecule has 3 heteroatoms. The third kappa shape index (κ3) is 2.04. The molecule has 3 rings (SSSR count). The molecule has 3 nitrogen and oxygen atoms in total. The van der Waals surface area contributed by atoms with Gasteiger partial charge >= 0.3 is 0 Å². The highest BCUT2D eigenvalue weighted by Crippen LogP contribution is 2.38. The zero-order chi connectivity index (χ0) is 12.4. The van der Waals surface area contributed by atoms with Crippen molar-refractivity contribution in [2.75, 3.05) is 19.7 Å². The molecule has 0 aliphatic carbocycles. The average molecular weight is 245 g/mol. The zero-order valence-corrected chi connectivity index (χ0v) is 10.7. The standard InChI is InChI=1S/C15H19NO2/c1-2-16-9-11-7-8-17-15(11)13-10-18-14-6-4-3-5-12(13)14/h3-6,10-11,15-16H,2,7-9H2,1H3. The van der Waals surface area contributed by atoms with E-state index in [2.05, 4.69) is 24.4 Å². The third-order valence-corrected chi connectivity index (χ3v) is 3.69. The molecule has 0 radical (unpaired) electrons. The fraction of sp³-hybridized carbons (Fsp3) is 0.467. The van der Waals surface area contributed by atoms with Gasteiger partial charge < -0.3 is 14.5 Å². The van der Waals surface area contributed by atoms with Crippen LogP contribution in [0.1, 0.15) is 25.0 Å². The summed E-state index contributed by atoms with van der Waals surface area (Å²) in [7, 11) is 0. The van der Waals surface area contributed by atoms with E-state index in [-0.39, 0.29) is 6.10 Å². The van der Waals surface area contributed by atoms with Crippen molar-refractivity contribution in [2.24, 2.45) is 5.92 Å². The van der Waals surface area contributed by atoms with Crippen molar-refractivity contribution in [2.45, 2.75) is 19.4 Å². The Labute approximate surface area is 107 Å². The molecule has 1 aromatic carbocycles. The van der Waals surface area contributed by atoms with Gasteiger partial charge in [-0.15, -0.1) is 0 Å². The van der Waals surface area contributed by atoms with Crippen LogP contribution in [0.25, 0.3) is 11.0 Å². The van der Waals surface area contributed by atoms with Crippen LogP contribution < -0.4 is 5.32 Å². The number of ether oxygens (including phenoxy) is 1. The summed E-state index contributed by atoms with van der Waals surface area (Å²) in [6.45, 7) is 5.01. The highest BCUT2D eigenvalue weighted by molar-refractivity contribution is 5.81. The van der Waals surface area contributed by atoms with Gasteiger partial charge in [0.25, 0.3) is 0 Å². The maximum atomic E-state index is 5.92. The van der Waals surface area contributed by atoms with Gasteiger partial charge in [0.15, 0.2) is 0 Å². The minimum absolute atomic E-state index is 0.174. The van der Waals surface area contributed by atoms with Crippen molar-refractivity contribution >= 4 is 11.0 Å². The molecular formula is C15H19NO2. The number of rotatable bonds is 4. The monoisotopic (exact) mass is 245 g/mol. The summed E-state index contributed by atoms with van der Waals surface area (Å²) >= 11 is 0. The number of benzene rings is 1. The number of para-hydroxylation sites is 1. The molecular weight excluding hydrogens is 226 g/mol. The Balaban J connectivity index is 1.88. The van der Waals surface area contributed by atoms with Gasteiger partial charge in [0.05, 0.1) is 12.4 Å². The highest BCUT2D eigenvalue weighted by atomic mass is 16.5. The van der Waals surface area contributed by atoms with Gasteiger partial charge in [0.2, 0.25) is 0 Å². The van der Waals surface area contributed by atoms with Crippen LogP contribution in [0.5, 0.6) is 0 Å². The van der Waals surface area contributed by atoms with Gasteiger partial charge in [-0.1, -0.05) is 25.1 Å². The number of nitrogens with one attached hydrogen (secondary N) is 1. The van der Waals surface area contributed by atoms with Gasteiger partial charge in [-0.05, 0) is 19.0 Å². The highest BCUT2D eigenvalue weighted by Gasteiger charge is 2.31. The van der Waals surface area contributed by atoms with E-state index in [1.54, 1.807) is 0 Å². The van der Waals surface area contributed by atoms with Gasteiger partial charge in [0, 0.05) is 30.0 Å². The molecule has 1 fully saturated rings. The Morgan fingerprint density at radius 3 is 3.11 bits per heavy atom. The Bertz CT molecular complexity index is 520. The van der Waals surface area contributed by atoms with Crippen LogP contribution >= 0.6 is 0 Å². The molecule has 1 N–H and O–H groups in total. The van der Waals surface area contributed by atoms with Crippen LogP contribution in [0, 0.1) is 5.92 Å². The predicted octanol–water partition coefficient (Wildman–Crippen LogP) is 3.12. The molecule has 18 heavy (non-hydrogen) atoms. The van der Waals surface area contributed by atoms with Crippen LogP contribution in [-0.2, 0) is 4.74 Å². The lowest BCUT2D eigenvalue weighted by molar-refractivity contribution is 0.0911. The average Bonchev–Trinajstić information content (AvgIpc) is 3.02. The van der Waals surface area contributed by atoms with Gasteiger partial charge in [-0.25, -0.2) is 0 Å². The molecule has 1 aliphatic rings. The normalized spacial score (nSPS) is 23.8. The third-order valence-electron chi connectivity index (χ3n) is 3.69. The van der Waals surface area contributed by atoms with E-state index in [1.807, 2.05) is 18.4 Å². The van der Waals surface area contributed by atoms with Crippen molar-refractivity contribution in [3.05, 3.63) is 36.1 Å². The van der Waals surface area contributed by atoms with Crippen molar-refractivity contribution in [1.29, 1.82) is 0 Å². The van der Waals surface area contributed by atoms with E-state index >= 15 is 0 Å². The summed E-state index contributed by atoms with van der Waals surface area (Å²) < 4.78 is 11.5. The summed E-state index contributed by atoms with van der Waals surface area (Å²) in [5, 5.41) is 4.61. The van der Waals surface area contributed by atoms with Crippen molar-refractivity contribution in [3.8, 4) is 0 Å². The smallest absolute Gasteiger partial charge is 0.134 e. The SMILES string of the molecule is CCNCC1CCOC1c1coc2ccccc12. The molecule has 0 amide bonds. The summed E-state index contributed by atoms with van der Waals surface area (Å²) in [5.74, 6) is 0.547. The van der Waals surface area contributed by atoms with E-state index in [0.717, 1.165) is 31.7 Å². The lowest BCUT2D eigenvalue weighted by atomic mass is 9.95. The first-order valence-corrected chi connectivity index (χ1v) is 6.68. The second-order valence-electron chi connectivity index (χ2n) is 4.84. The van der Waals surface area contributed by atoms with Crippen molar-refractivity contribution in [1.82, 2.24) is 5.32 Å². The second-order valence-corrected chi connectivity index (χ2v) is 4.84. The minimum Gasteiger partial charge on any atom is -0.464 e. The summed E-state index contributed by atoms with van der Waals surface area (Å²) in [6.07, 6.45) is 3.16. The molecule has 0 saturated carbocycles. The maximum absolute atomic E-state index is 5.92. The van der Waals surface area contributed by atoms with E-state index in [9.17, 15) is 0 Å². The zero-order valence-electron chi connectivity index (χ0n) is 10.7. The Morgan fingerprint density at radius 2 is 2.22 bits per heavy atom. The Kier molecular flexibility index (Phi) is 3.35. The van der Waals surface area contributed by atoms with Gasteiger partial charge in [-0.3, -0.25) is 0 Å². The maximum Gasteiger partial charge on any atom is 0.134 e. The molecule has 2 atom stereocenters. The topological polar surface area (TPSA) is 34.4 Å². The van der Waals surface area contributed by atoms with Crippen LogP contribution in [-0.4, -0.2) is 19.7 Å². The number of fused-ring (bicyclic) bond motifs is 1. The second kappa shape index (κ2) is 5.12. The van der Waals surface area contributed by atoms with Crippen LogP contribution in [0.4, 0.5) is 0 Å². The Hall–Kier alpha value is -1.32. The fourth-order valence-electron chi connectivity index (χ4n) is 2.74. The molecule has 2 unspecified atom stereocenters. The summed E-state index contributed by atoms with van der Waals surface area (Å²) in [5.41, 5.74) is 2.15. The Morgan fingerprint density at radius 1 is 1.33 bits per heavy atom. The minimum atomic E-state index is 0.174. The lowest BCUT2D eigenvalue weighted by Gasteiger charge is -2.17. The van der Waals surface area contributed by atoms with Crippen molar-refractivity contribution in [3.63, 3.8) is 0 Å².